The molecule has 4 nitrogen and oxygen atoms in total. The highest BCUT2D eigenvalue weighted by Gasteiger charge is 2.38. The van der Waals surface area contributed by atoms with Crippen molar-refractivity contribution in [1.82, 2.24) is 4.90 Å². The van der Waals surface area contributed by atoms with E-state index in [-0.39, 0.29) is 0 Å². The van der Waals surface area contributed by atoms with E-state index in [1.165, 1.54) is 0 Å². The van der Waals surface area contributed by atoms with Gasteiger partial charge >= 0.3 is 0 Å². The number of imide groups is 3. The Labute approximate surface area is 126 Å². The van der Waals surface area contributed by atoms with Gasteiger partial charge in [-0.3, -0.25) is 14.4 Å². The zero-order valence-electron chi connectivity index (χ0n) is 11.5. The molecule has 2 aromatic rings. The molecule has 0 saturated carbocycles. The minimum atomic E-state index is -0.558. The number of rotatable bonds is 1. The second kappa shape index (κ2) is 4.49. The lowest BCUT2D eigenvalue weighted by atomic mass is 9.93. The summed E-state index contributed by atoms with van der Waals surface area (Å²) in [5, 5.41) is 1.45. The first-order valence-corrected chi connectivity index (χ1v) is 6.98. The third kappa shape index (κ3) is 1.61. The normalized spacial score (nSPS) is 16.8. The minimum Gasteiger partial charge on any atom is -0.273 e. The van der Waals surface area contributed by atoms with E-state index in [1.54, 1.807) is 48.6 Å². The molecule has 0 N–H and O–H groups in total. The standard InChI is InChI=1S/C18H11NO3/c20-16(12-5-1-2-6-12)19-17(21)13-9-3-7-11-8-4-10-14(15(11)13)18(19)22/h1-10,12H. The summed E-state index contributed by atoms with van der Waals surface area (Å²) >= 11 is 0. The molecule has 3 amide bonds. The molecule has 0 spiro atoms. The number of benzene rings is 2. The lowest BCUT2D eigenvalue weighted by Gasteiger charge is -2.26. The lowest BCUT2D eigenvalue weighted by molar-refractivity contribution is -0.127. The van der Waals surface area contributed by atoms with E-state index >= 15 is 0 Å². The van der Waals surface area contributed by atoms with Crippen molar-refractivity contribution >= 4 is 28.5 Å². The van der Waals surface area contributed by atoms with Crippen LogP contribution in [0.1, 0.15) is 20.7 Å². The quantitative estimate of drug-likeness (QED) is 0.758. The molecule has 2 aliphatic rings. The van der Waals surface area contributed by atoms with E-state index in [0.717, 1.165) is 10.3 Å². The van der Waals surface area contributed by atoms with Crippen LogP contribution in [-0.2, 0) is 4.79 Å². The first-order valence-electron chi connectivity index (χ1n) is 6.98. The molecule has 4 rings (SSSR count). The molecule has 0 bridgehead atoms. The fourth-order valence-electron chi connectivity index (χ4n) is 2.98. The molecule has 4 heteroatoms. The zero-order valence-corrected chi connectivity index (χ0v) is 11.5. The minimum absolute atomic E-state index is 0.395. The molecule has 0 fully saturated rings. The van der Waals surface area contributed by atoms with Gasteiger partial charge in [0, 0.05) is 16.5 Å². The highest BCUT2D eigenvalue weighted by Crippen LogP contribution is 2.31. The van der Waals surface area contributed by atoms with Crippen LogP contribution in [0.3, 0.4) is 0 Å². The van der Waals surface area contributed by atoms with Crippen LogP contribution < -0.4 is 0 Å². The average molecular weight is 289 g/mol. The summed E-state index contributed by atoms with van der Waals surface area (Å²) in [5.41, 5.74) is 0.791. The summed E-state index contributed by atoms with van der Waals surface area (Å²) in [6.45, 7) is 0. The predicted molar refractivity (Wildman–Crippen MR) is 81.2 cm³/mol. The highest BCUT2D eigenvalue weighted by molar-refractivity contribution is 6.31. The van der Waals surface area contributed by atoms with E-state index in [1.807, 2.05) is 12.1 Å². The Morgan fingerprint density at radius 1 is 0.864 bits per heavy atom. The first kappa shape index (κ1) is 12.7. The van der Waals surface area contributed by atoms with Gasteiger partial charge in [-0.05, 0) is 17.5 Å². The van der Waals surface area contributed by atoms with Crippen LogP contribution in [-0.4, -0.2) is 22.6 Å². The number of hydrogen-bond donors (Lipinski definition) is 0. The number of nitrogens with zero attached hydrogens (tertiary/aromatic N) is 1. The first-order chi connectivity index (χ1) is 10.7. The SMILES string of the molecule is O=C1c2cccc3cccc(c23)C(=O)N1C(=O)C1C=CC=C1. The summed E-state index contributed by atoms with van der Waals surface area (Å²) in [6, 6.07) is 10.5. The van der Waals surface area contributed by atoms with Gasteiger partial charge in [-0.15, -0.1) is 0 Å². The molecular weight excluding hydrogens is 278 g/mol. The van der Waals surface area contributed by atoms with Crippen LogP contribution in [0.25, 0.3) is 10.8 Å². The Balaban J connectivity index is 1.90. The number of carbonyl (C=O) groups excluding carboxylic acids is 3. The number of hydrogen-bond acceptors (Lipinski definition) is 3. The van der Waals surface area contributed by atoms with Crippen molar-refractivity contribution in [3.05, 3.63) is 71.8 Å². The van der Waals surface area contributed by atoms with E-state index < -0.39 is 23.6 Å². The summed E-state index contributed by atoms with van der Waals surface area (Å²) in [5.74, 6) is -2.16. The maximum atomic E-state index is 12.6. The monoisotopic (exact) mass is 289 g/mol. The Morgan fingerprint density at radius 3 is 1.95 bits per heavy atom. The van der Waals surface area contributed by atoms with E-state index in [0.29, 0.717) is 16.5 Å². The topological polar surface area (TPSA) is 54.5 Å². The third-order valence-electron chi connectivity index (χ3n) is 4.03. The molecule has 1 aliphatic carbocycles. The average Bonchev–Trinajstić information content (AvgIpc) is 3.07. The maximum absolute atomic E-state index is 12.6. The van der Waals surface area contributed by atoms with Crippen molar-refractivity contribution < 1.29 is 14.4 Å². The smallest absolute Gasteiger partial charge is 0.268 e. The molecule has 0 atom stereocenters. The Morgan fingerprint density at radius 2 is 1.41 bits per heavy atom. The van der Waals surface area contributed by atoms with Gasteiger partial charge in [-0.1, -0.05) is 48.6 Å². The van der Waals surface area contributed by atoms with Gasteiger partial charge in [0.25, 0.3) is 11.8 Å². The summed E-state index contributed by atoms with van der Waals surface area (Å²) in [6.07, 6.45) is 6.81. The van der Waals surface area contributed by atoms with Gasteiger partial charge in [0.1, 0.15) is 0 Å². The molecule has 1 aliphatic heterocycles. The van der Waals surface area contributed by atoms with Crippen LogP contribution >= 0.6 is 0 Å². The second-order valence-electron chi connectivity index (χ2n) is 5.29. The van der Waals surface area contributed by atoms with E-state index in [4.69, 9.17) is 0 Å². The van der Waals surface area contributed by atoms with Gasteiger partial charge < -0.3 is 0 Å². The van der Waals surface area contributed by atoms with Gasteiger partial charge in [-0.2, -0.15) is 0 Å². The molecular formula is C18H11NO3. The molecule has 0 saturated heterocycles. The Bertz CT molecular complexity index is 845. The third-order valence-corrected chi connectivity index (χ3v) is 4.03. The molecule has 0 aromatic heterocycles. The summed E-state index contributed by atoms with van der Waals surface area (Å²) < 4.78 is 0. The number of allylic oxidation sites excluding steroid dienone is 2. The summed E-state index contributed by atoms with van der Waals surface area (Å²) in [7, 11) is 0. The van der Waals surface area contributed by atoms with Crippen molar-refractivity contribution in [2.75, 3.05) is 0 Å². The number of amides is 3. The van der Waals surface area contributed by atoms with Crippen molar-refractivity contribution in [2.24, 2.45) is 5.92 Å². The molecule has 22 heavy (non-hydrogen) atoms. The maximum Gasteiger partial charge on any atom is 0.268 e. The van der Waals surface area contributed by atoms with Gasteiger partial charge in [-0.25, -0.2) is 4.90 Å². The number of carbonyl (C=O) groups is 3. The fraction of sp³-hybridized carbons (Fsp3) is 0.0556. The molecule has 1 heterocycles. The fourth-order valence-corrected chi connectivity index (χ4v) is 2.98. The second-order valence-corrected chi connectivity index (χ2v) is 5.29. The molecule has 2 aromatic carbocycles. The highest BCUT2D eigenvalue weighted by atomic mass is 16.2. The van der Waals surface area contributed by atoms with Crippen LogP contribution in [0, 0.1) is 5.92 Å². The molecule has 0 unspecified atom stereocenters. The zero-order chi connectivity index (χ0) is 15.3. The molecule has 106 valence electrons. The van der Waals surface area contributed by atoms with E-state index in [9.17, 15) is 14.4 Å². The largest absolute Gasteiger partial charge is 0.273 e. The predicted octanol–water partition coefficient (Wildman–Crippen LogP) is 2.70. The van der Waals surface area contributed by atoms with Crippen LogP contribution in [0.4, 0.5) is 0 Å². The lowest BCUT2D eigenvalue weighted by Crippen LogP contribution is -2.46. The van der Waals surface area contributed by atoms with Gasteiger partial charge in [0.05, 0.1) is 5.92 Å². The molecule has 0 radical (unpaired) electrons. The van der Waals surface area contributed by atoms with Crippen molar-refractivity contribution in [2.45, 2.75) is 0 Å². The van der Waals surface area contributed by atoms with Gasteiger partial charge in [0.15, 0.2) is 0 Å². The van der Waals surface area contributed by atoms with Crippen LogP contribution in [0.5, 0.6) is 0 Å². The van der Waals surface area contributed by atoms with Gasteiger partial charge in [0.2, 0.25) is 5.91 Å². The summed E-state index contributed by atoms with van der Waals surface area (Å²) in [4.78, 5) is 38.6. The van der Waals surface area contributed by atoms with Crippen LogP contribution in [0.15, 0.2) is 60.7 Å². The van der Waals surface area contributed by atoms with Crippen molar-refractivity contribution in [1.29, 1.82) is 0 Å². The van der Waals surface area contributed by atoms with Crippen LogP contribution in [0.2, 0.25) is 0 Å². The van der Waals surface area contributed by atoms with E-state index in [2.05, 4.69) is 0 Å². The Hall–Kier alpha value is -3.01. The van der Waals surface area contributed by atoms with Crippen molar-refractivity contribution in [3.8, 4) is 0 Å². The Kier molecular flexibility index (Phi) is 2.60. The van der Waals surface area contributed by atoms with Crippen molar-refractivity contribution in [3.63, 3.8) is 0 Å².